The summed E-state index contributed by atoms with van der Waals surface area (Å²) in [7, 11) is 0. The Bertz CT molecular complexity index is 358. The number of thiocarbonyl (C=S) groups is 1. The molecule has 0 spiro atoms. The third-order valence-electron chi connectivity index (χ3n) is 1.36. The van der Waals surface area contributed by atoms with Crippen LogP contribution in [0.4, 0.5) is 0 Å². The van der Waals surface area contributed by atoms with E-state index in [0.29, 0.717) is 15.5 Å². The molecule has 0 aliphatic rings. The Morgan fingerprint density at radius 1 is 1.67 bits per heavy atom. The molecular weight excluding hydrogens is 346 g/mol. The monoisotopic (exact) mass is 353 g/mol. The third kappa shape index (κ3) is 4.31. The van der Waals surface area contributed by atoms with Crippen LogP contribution in [0.3, 0.4) is 0 Å². The number of hydrogen-bond acceptors (Lipinski definition) is 3. The zero-order valence-electron chi connectivity index (χ0n) is 7.88. The van der Waals surface area contributed by atoms with Gasteiger partial charge in [-0.1, -0.05) is 0 Å². The average molecular weight is 355 g/mol. The molecule has 82 valence electrons. The summed E-state index contributed by atoms with van der Waals surface area (Å²) < 4.78 is 6.76. The number of rotatable bonds is 3. The van der Waals surface area contributed by atoms with Crippen molar-refractivity contribution in [3.8, 4) is 0 Å². The van der Waals surface area contributed by atoms with Crippen molar-refractivity contribution in [3.05, 3.63) is 21.0 Å². The highest BCUT2D eigenvalue weighted by Crippen LogP contribution is 2.25. The number of hydrazone groups is 1. The van der Waals surface area contributed by atoms with Crippen LogP contribution in [0.2, 0.25) is 0 Å². The molecule has 0 fully saturated rings. The minimum atomic E-state index is 0.485. The molecule has 7 heteroatoms. The maximum Gasteiger partial charge on any atom is 0.186 e. The highest BCUT2D eigenvalue weighted by molar-refractivity contribution is 9.13. The molecule has 0 unspecified atom stereocenters. The summed E-state index contributed by atoms with van der Waals surface area (Å²) in [6, 6.07) is 1.80. The van der Waals surface area contributed by atoms with Crippen LogP contribution in [0.25, 0.3) is 0 Å². The van der Waals surface area contributed by atoms with Crippen molar-refractivity contribution in [1.29, 1.82) is 0 Å². The summed E-state index contributed by atoms with van der Waals surface area (Å²) >= 11 is 11.4. The second kappa shape index (κ2) is 6.24. The average Bonchev–Trinajstić information content (AvgIpc) is 2.46. The Balaban J connectivity index is 2.48. The highest BCUT2D eigenvalue weighted by Gasteiger charge is 2.03. The van der Waals surface area contributed by atoms with Gasteiger partial charge in [0.1, 0.15) is 5.76 Å². The van der Waals surface area contributed by atoms with Crippen molar-refractivity contribution in [2.45, 2.75) is 6.92 Å². The molecule has 15 heavy (non-hydrogen) atoms. The molecular formula is C8H9Br2N3OS. The van der Waals surface area contributed by atoms with Gasteiger partial charge in [0.2, 0.25) is 0 Å². The summed E-state index contributed by atoms with van der Waals surface area (Å²) in [6.45, 7) is 2.72. The molecule has 0 radical (unpaired) electrons. The van der Waals surface area contributed by atoms with Crippen molar-refractivity contribution in [1.82, 2.24) is 10.7 Å². The minimum Gasteiger partial charge on any atom is -0.447 e. The van der Waals surface area contributed by atoms with E-state index in [-0.39, 0.29) is 0 Å². The molecule has 4 nitrogen and oxygen atoms in total. The fraction of sp³-hybridized carbons (Fsp3) is 0.250. The fourth-order valence-electron chi connectivity index (χ4n) is 0.782. The second-order valence-corrected chi connectivity index (χ2v) is 4.48. The van der Waals surface area contributed by atoms with E-state index in [2.05, 4.69) is 47.7 Å². The van der Waals surface area contributed by atoms with E-state index >= 15 is 0 Å². The lowest BCUT2D eigenvalue weighted by Gasteiger charge is -2.01. The van der Waals surface area contributed by atoms with Gasteiger partial charge in [-0.3, -0.25) is 5.43 Å². The van der Waals surface area contributed by atoms with Gasteiger partial charge in [-0.15, -0.1) is 0 Å². The van der Waals surface area contributed by atoms with Crippen LogP contribution in [0.15, 0.2) is 24.7 Å². The molecule has 0 amide bonds. The minimum absolute atomic E-state index is 0.485. The lowest BCUT2D eigenvalue weighted by molar-refractivity contribution is 0.532. The number of nitrogens with zero attached hydrogens (tertiary/aromatic N) is 1. The Kier molecular flexibility index (Phi) is 5.27. The van der Waals surface area contributed by atoms with Gasteiger partial charge in [0.25, 0.3) is 0 Å². The van der Waals surface area contributed by atoms with Gasteiger partial charge in [-0.2, -0.15) is 5.10 Å². The fourth-order valence-corrected chi connectivity index (χ4v) is 1.59. The number of halogens is 2. The first-order valence-corrected chi connectivity index (χ1v) is 6.14. The highest BCUT2D eigenvalue weighted by atomic mass is 79.9. The number of nitrogens with one attached hydrogen (secondary N) is 2. The van der Waals surface area contributed by atoms with Gasteiger partial charge >= 0.3 is 0 Å². The summed E-state index contributed by atoms with van der Waals surface area (Å²) in [5.74, 6) is 0.626. The predicted molar refractivity (Wildman–Crippen MR) is 71.1 cm³/mol. The van der Waals surface area contributed by atoms with E-state index in [9.17, 15) is 0 Å². The first-order valence-electron chi connectivity index (χ1n) is 4.15. The maximum absolute atomic E-state index is 5.27. The van der Waals surface area contributed by atoms with Gasteiger partial charge in [0.05, 0.1) is 10.7 Å². The third-order valence-corrected chi connectivity index (χ3v) is 3.31. The van der Waals surface area contributed by atoms with Crippen LogP contribution in [-0.2, 0) is 0 Å². The Morgan fingerprint density at radius 3 is 2.93 bits per heavy atom. The Labute approximate surface area is 110 Å². The smallest absolute Gasteiger partial charge is 0.186 e. The lowest BCUT2D eigenvalue weighted by Crippen LogP contribution is -2.31. The van der Waals surface area contributed by atoms with Gasteiger partial charge < -0.3 is 9.73 Å². The van der Waals surface area contributed by atoms with Crippen LogP contribution >= 0.6 is 44.1 Å². The van der Waals surface area contributed by atoms with Crippen LogP contribution in [-0.4, -0.2) is 17.9 Å². The molecule has 0 aromatic carbocycles. The second-order valence-electron chi connectivity index (χ2n) is 2.50. The summed E-state index contributed by atoms with van der Waals surface area (Å²) in [5.41, 5.74) is 2.66. The SMILES string of the molecule is CCNC(=S)N/N=C\c1cc(Br)c(Br)o1. The largest absolute Gasteiger partial charge is 0.447 e. The predicted octanol–water partition coefficient (Wildman–Crippen LogP) is 2.62. The van der Waals surface area contributed by atoms with Crippen LogP contribution in [0.5, 0.6) is 0 Å². The molecule has 1 aromatic heterocycles. The molecule has 0 aliphatic carbocycles. The lowest BCUT2D eigenvalue weighted by atomic mass is 10.5. The molecule has 1 heterocycles. The quantitative estimate of drug-likeness (QED) is 0.497. The zero-order valence-corrected chi connectivity index (χ0v) is 11.9. The van der Waals surface area contributed by atoms with E-state index < -0.39 is 0 Å². The summed E-state index contributed by atoms with van der Waals surface area (Å²) in [6.07, 6.45) is 1.54. The van der Waals surface area contributed by atoms with E-state index in [1.54, 1.807) is 12.3 Å². The topological polar surface area (TPSA) is 49.6 Å². The van der Waals surface area contributed by atoms with E-state index in [0.717, 1.165) is 11.0 Å². The van der Waals surface area contributed by atoms with Crippen LogP contribution in [0, 0.1) is 0 Å². The van der Waals surface area contributed by atoms with Gasteiger partial charge in [0.15, 0.2) is 9.78 Å². The molecule has 0 saturated heterocycles. The Morgan fingerprint density at radius 2 is 2.40 bits per heavy atom. The first kappa shape index (κ1) is 12.7. The zero-order chi connectivity index (χ0) is 11.3. The van der Waals surface area contributed by atoms with Gasteiger partial charge in [-0.25, -0.2) is 0 Å². The molecule has 1 rings (SSSR count). The Hall–Kier alpha value is -0.400. The van der Waals surface area contributed by atoms with Gasteiger partial charge in [-0.05, 0) is 51.0 Å². The van der Waals surface area contributed by atoms with Crippen LogP contribution in [0.1, 0.15) is 12.7 Å². The van der Waals surface area contributed by atoms with Crippen molar-refractivity contribution in [3.63, 3.8) is 0 Å². The summed E-state index contributed by atoms with van der Waals surface area (Å²) in [4.78, 5) is 0. The van der Waals surface area contributed by atoms with E-state index in [1.807, 2.05) is 6.92 Å². The molecule has 0 saturated carbocycles. The maximum atomic E-state index is 5.27. The normalized spacial score (nSPS) is 10.6. The summed E-state index contributed by atoms with van der Waals surface area (Å²) in [5, 5.41) is 7.29. The van der Waals surface area contributed by atoms with Crippen molar-refractivity contribution >= 4 is 55.4 Å². The molecule has 0 aliphatic heterocycles. The van der Waals surface area contributed by atoms with Gasteiger partial charge in [0, 0.05) is 12.6 Å². The number of furan rings is 1. The first-order chi connectivity index (χ1) is 7.13. The van der Waals surface area contributed by atoms with E-state index in [1.165, 1.54) is 0 Å². The molecule has 0 bridgehead atoms. The standard InChI is InChI=1S/C8H9Br2N3OS/c1-2-11-8(15)13-12-4-5-3-6(9)7(10)14-5/h3-4H,2H2,1H3,(H2,11,13,15)/b12-4-. The van der Waals surface area contributed by atoms with Crippen molar-refractivity contribution < 1.29 is 4.42 Å². The number of hydrogen-bond donors (Lipinski definition) is 2. The molecule has 1 aromatic rings. The van der Waals surface area contributed by atoms with Crippen molar-refractivity contribution in [2.24, 2.45) is 5.10 Å². The van der Waals surface area contributed by atoms with E-state index in [4.69, 9.17) is 16.6 Å². The van der Waals surface area contributed by atoms with Crippen LogP contribution < -0.4 is 10.7 Å². The molecule has 0 atom stereocenters. The van der Waals surface area contributed by atoms with Crippen molar-refractivity contribution in [2.75, 3.05) is 6.54 Å². The molecule has 2 N–H and O–H groups in total.